The quantitative estimate of drug-likeness (QED) is 0.329. The highest BCUT2D eigenvalue weighted by molar-refractivity contribution is 6.15. The van der Waals surface area contributed by atoms with Crippen LogP contribution in [-0.4, -0.2) is 34.2 Å². The molecular weight excluding hydrogens is 202 g/mol. The molecule has 0 aromatic heterocycles. The molecule has 0 bridgehead atoms. The molecule has 15 heavy (non-hydrogen) atoms. The molecular formula is C8H9N3O4. The van der Waals surface area contributed by atoms with E-state index in [0.717, 1.165) is 0 Å². The Balaban J connectivity index is 3.19. The first-order valence-corrected chi connectivity index (χ1v) is 4.03. The highest BCUT2D eigenvalue weighted by Gasteiger charge is 2.47. The number of hydrogen-bond donors (Lipinski definition) is 2. The minimum absolute atomic E-state index is 0.398. The van der Waals surface area contributed by atoms with Crippen LogP contribution in [0.5, 0.6) is 0 Å². The molecule has 0 atom stereocenters. The van der Waals surface area contributed by atoms with Crippen molar-refractivity contribution in [2.24, 2.45) is 5.73 Å². The van der Waals surface area contributed by atoms with Crippen LogP contribution in [0.25, 0.3) is 0 Å². The smallest absolute Gasteiger partial charge is 0.330 e. The van der Waals surface area contributed by atoms with Gasteiger partial charge in [-0.15, -0.1) is 0 Å². The zero-order valence-electron chi connectivity index (χ0n) is 8.16. The van der Waals surface area contributed by atoms with Crippen LogP contribution in [0.3, 0.4) is 0 Å². The van der Waals surface area contributed by atoms with Crippen molar-refractivity contribution in [2.75, 3.05) is 0 Å². The number of primary amides is 1. The lowest BCUT2D eigenvalue weighted by Crippen LogP contribution is -2.41. The first-order valence-electron chi connectivity index (χ1n) is 4.03. The topological polar surface area (TPSA) is 110 Å². The first-order chi connectivity index (χ1) is 6.81. The van der Waals surface area contributed by atoms with Crippen molar-refractivity contribution in [3.8, 4) is 0 Å². The maximum atomic E-state index is 11.6. The van der Waals surface area contributed by atoms with Gasteiger partial charge in [-0.2, -0.15) is 0 Å². The van der Waals surface area contributed by atoms with E-state index in [1.807, 2.05) is 0 Å². The second kappa shape index (κ2) is 3.21. The first kappa shape index (κ1) is 10.9. The Morgan fingerprint density at radius 2 is 2.00 bits per heavy atom. The average molecular weight is 211 g/mol. The van der Waals surface area contributed by atoms with Gasteiger partial charge < -0.3 is 11.1 Å². The number of urea groups is 1. The molecule has 0 saturated carbocycles. The normalized spacial score (nSPS) is 18.4. The molecule has 0 aromatic rings. The fraction of sp³-hybridized carbons (Fsp3) is 0.375. The summed E-state index contributed by atoms with van der Waals surface area (Å²) in [6, 6.07) is -0.859. The van der Waals surface area contributed by atoms with E-state index in [-0.39, 0.29) is 0 Å². The predicted molar refractivity (Wildman–Crippen MR) is 47.9 cm³/mol. The maximum absolute atomic E-state index is 11.6. The van der Waals surface area contributed by atoms with Crippen molar-refractivity contribution in [1.29, 1.82) is 0 Å². The third kappa shape index (κ3) is 1.60. The van der Waals surface area contributed by atoms with Crippen LogP contribution in [0.2, 0.25) is 0 Å². The lowest BCUT2D eigenvalue weighted by molar-refractivity contribution is -0.130. The summed E-state index contributed by atoms with van der Waals surface area (Å²) in [5.74, 6) is -0.714. The fourth-order valence-corrected chi connectivity index (χ4v) is 1.16. The van der Waals surface area contributed by atoms with Crippen molar-refractivity contribution < 1.29 is 19.2 Å². The number of nitrogens with two attached hydrogens (primary N) is 1. The summed E-state index contributed by atoms with van der Waals surface area (Å²) in [6.45, 7) is 2.88. The van der Waals surface area contributed by atoms with Gasteiger partial charge in [0.15, 0.2) is 5.94 Å². The highest BCUT2D eigenvalue weighted by Crippen LogP contribution is 2.19. The Morgan fingerprint density at radius 3 is 2.27 bits per heavy atom. The largest absolute Gasteiger partial charge is 0.364 e. The molecule has 1 aliphatic heterocycles. The Bertz CT molecular complexity index is 406. The van der Waals surface area contributed by atoms with E-state index in [1.165, 1.54) is 19.8 Å². The average Bonchev–Trinajstić information content (AvgIpc) is 2.28. The van der Waals surface area contributed by atoms with E-state index in [9.17, 15) is 19.2 Å². The van der Waals surface area contributed by atoms with Gasteiger partial charge in [0, 0.05) is 0 Å². The second-order valence-electron chi connectivity index (χ2n) is 3.51. The van der Waals surface area contributed by atoms with E-state index < -0.39 is 29.1 Å². The number of nitrogens with one attached hydrogen (secondary N) is 1. The molecule has 1 fully saturated rings. The summed E-state index contributed by atoms with van der Waals surface area (Å²) in [5.41, 5.74) is 2.88. The van der Waals surface area contributed by atoms with Gasteiger partial charge in [0.05, 0.1) is 0 Å². The number of carbonyl (C=O) groups excluding carboxylic acids is 4. The summed E-state index contributed by atoms with van der Waals surface area (Å²) >= 11 is 0. The summed E-state index contributed by atoms with van der Waals surface area (Å²) in [7, 11) is 0. The molecule has 0 radical (unpaired) electrons. The molecule has 7 heteroatoms. The lowest BCUT2D eigenvalue weighted by atomic mass is 10.1. The number of imide groups is 1. The molecule has 0 aromatic carbocycles. The van der Waals surface area contributed by atoms with Crippen LogP contribution < -0.4 is 11.1 Å². The van der Waals surface area contributed by atoms with Crippen molar-refractivity contribution in [3.63, 3.8) is 0 Å². The molecule has 4 amide bonds. The molecule has 0 aliphatic carbocycles. The number of nitrogens with zero attached hydrogens (tertiary/aromatic N) is 1. The van der Waals surface area contributed by atoms with Gasteiger partial charge in [0.1, 0.15) is 5.54 Å². The van der Waals surface area contributed by atoms with Gasteiger partial charge >= 0.3 is 6.03 Å². The van der Waals surface area contributed by atoms with E-state index in [4.69, 9.17) is 5.73 Å². The second-order valence-corrected chi connectivity index (χ2v) is 3.51. The number of carbonyl (C=O) groups is 3. The van der Waals surface area contributed by atoms with Gasteiger partial charge in [0.2, 0.25) is 5.70 Å². The molecule has 0 unspecified atom stereocenters. The molecule has 1 saturated heterocycles. The molecule has 1 rings (SSSR count). The standard InChI is InChI=1S/C8H9N3O4/c1-8(2)6(14)11(7(15)10-8)4(3-12)5(9)13/h1-2H3,(H2,9,13)(H,10,15). The van der Waals surface area contributed by atoms with Gasteiger partial charge in [0.25, 0.3) is 11.8 Å². The van der Waals surface area contributed by atoms with E-state index in [2.05, 4.69) is 5.32 Å². The summed E-state index contributed by atoms with van der Waals surface area (Å²) in [4.78, 5) is 44.4. The van der Waals surface area contributed by atoms with Crippen LogP contribution in [-0.2, 0) is 14.4 Å². The predicted octanol–water partition coefficient (Wildman–Crippen LogP) is -1.48. The molecule has 0 spiro atoms. The monoisotopic (exact) mass is 211 g/mol. The molecule has 7 nitrogen and oxygen atoms in total. The van der Waals surface area contributed by atoms with Gasteiger partial charge in [-0.3, -0.25) is 9.59 Å². The Hall–Kier alpha value is -2.14. The van der Waals surface area contributed by atoms with E-state index in [1.54, 1.807) is 0 Å². The van der Waals surface area contributed by atoms with Gasteiger partial charge in [-0.05, 0) is 13.8 Å². The van der Waals surface area contributed by atoms with Crippen LogP contribution >= 0.6 is 0 Å². The van der Waals surface area contributed by atoms with Crippen LogP contribution in [0.15, 0.2) is 5.70 Å². The third-order valence-electron chi connectivity index (χ3n) is 1.91. The summed E-state index contributed by atoms with van der Waals surface area (Å²) in [5, 5.41) is 2.29. The number of hydrogen-bond acceptors (Lipinski definition) is 4. The van der Waals surface area contributed by atoms with Crippen molar-refractivity contribution in [2.45, 2.75) is 19.4 Å². The lowest BCUT2D eigenvalue weighted by Gasteiger charge is -2.14. The van der Waals surface area contributed by atoms with Gasteiger partial charge in [-0.25, -0.2) is 14.5 Å². The number of rotatable bonds is 2. The summed E-state index contributed by atoms with van der Waals surface area (Å²) in [6.07, 6.45) is 0. The third-order valence-corrected chi connectivity index (χ3v) is 1.91. The molecule has 1 heterocycles. The van der Waals surface area contributed by atoms with Crippen molar-refractivity contribution >= 4 is 23.8 Å². The minimum Gasteiger partial charge on any atom is -0.364 e. The molecule has 1 aliphatic rings. The van der Waals surface area contributed by atoms with Crippen molar-refractivity contribution in [1.82, 2.24) is 10.2 Å². The van der Waals surface area contributed by atoms with Crippen molar-refractivity contribution in [3.05, 3.63) is 5.70 Å². The number of amides is 4. The molecule has 80 valence electrons. The Labute approximate surface area is 84.9 Å². The molecule has 3 N–H and O–H groups in total. The zero-order valence-corrected chi connectivity index (χ0v) is 8.16. The fourth-order valence-electron chi connectivity index (χ4n) is 1.16. The summed E-state index contributed by atoms with van der Waals surface area (Å²) < 4.78 is 0. The van der Waals surface area contributed by atoms with E-state index >= 15 is 0 Å². The van der Waals surface area contributed by atoms with Gasteiger partial charge in [-0.1, -0.05) is 0 Å². The zero-order chi connectivity index (χ0) is 11.8. The van der Waals surface area contributed by atoms with Crippen LogP contribution in [0, 0.1) is 0 Å². The minimum atomic E-state index is -1.17. The highest BCUT2D eigenvalue weighted by atomic mass is 16.2. The SMILES string of the molecule is CC1(C)NC(=O)N(C(=C=O)C(N)=O)C1=O. The van der Waals surface area contributed by atoms with E-state index in [0.29, 0.717) is 4.90 Å². The van der Waals surface area contributed by atoms with Crippen LogP contribution in [0.4, 0.5) is 4.79 Å². The Morgan fingerprint density at radius 1 is 1.47 bits per heavy atom. The van der Waals surface area contributed by atoms with Crippen LogP contribution in [0.1, 0.15) is 13.8 Å². The Kier molecular flexibility index (Phi) is 2.34. The maximum Gasteiger partial charge on any atom is 0.330 e.